The van der Waals surface area contributed by atoms with Crippen LogP contribution in [0.3, 0.4) is 0 Å². The normalized spacial score (nSPS) is 13.2. The monoisotopic (exact) mass is 394 g/mol. The second-order valence-corrected chi connectivity index (χ2v) is 7.29. The van der Waals surface area contributed by atoms with Crippen molar-refractivity contribution in [3.63, 3.8) is 0 Å². The SMILES string of the molecule is Cc1ccc(C(=O)NC2CC2)cc1NC(=O)c1ccn(-c2cccc(Cl)c2)n1. The van der Waals surface area contributed by atoms with Crippen LogP contribution in [0.2, 0.25) is 5.02 Å². The summed E-state index contributed by atoms with van der Waals surface area (Å²) in [6.07, 6.45) is 3.75. The zero-order chi connectivity index (χ0) is 19.7. The van der Waals surface area contributed by atoms with Crippen LogP contribution in [0.4, 0.5) is 5.69 Å². The lowest BCUT2D eigenvalue weighted by atomic mass is 10.1. The number of benzene rings is 2. The maximum absolute atomic E-state index is 12.6. The van der Waals surface area contributed by atoms with Crippen molar-refractivity contribution < 1.29 is 9.59 Å². The Balaban J connectivity index is 1.51. The molecule has 1 fully saturated rings. The van der Waals surface area contributed by atoms with Gasteiger partial charge in [-0.05, 0) is 61.7 Å². The van der Waals surface area contributed by atoms with Crippen LogP contribution in [-0.2, 0) is 0 Å². The van der Waals surface area contributed by atoms with E-state index in [9.17, 15) is 9.59 Å². The van der Waals surface area contributed by atoms with Crippen molar-refractivity contribution in [2.75, 3.05) is 5.32 Å². The predicted molar refractivity (Wildman–Crippen MR) is 108 cm³/mol. The van der Waals surface area contributed by atoms with Gasteiger partial charge in [0.1, 0.15) is 0 Å². The fourth-order valence-corrected chi connectivity index (χ4v) is 2.97. The van der Waals surface area contributed by atoms with Crippen LogP contribution in [0, 0.1) is 6.92 Å². The number of amides is 2. The third-order valence-electron chi connectivity index (χ3n) is 4.55. The summed E-state index contributed by atoms with van der Waals surface area (Å²) in [5.41, 5.74) is 3.02. The molecule has 0 atom stereocenters. The number of anilines is 1. The third kappa shape index (κ3) is 4.07. The first-order valence-electron chi connectivity index (χ1n) is 9.04. The van der Waals surface area contributed by atoms with Crippen LogP contribution in [0.25, 0.3) is 5.69 Å². The molecule has 1 saturated carbocycles. The summed E-state index contributed by atoms with van der Waals surface area (Å²) >= 11 is 6.01. The number of rotatable bonds is 5. The molecular weight excluding hydrogens is 376 g/mol. The maximum Gasteiger partial charge on any atom is 0.276 e. The fourth-order valence-electron chi connectivity index (χ4n) is 2.79. The van der Waals surface area contributed by atoms with Crippen LogP contribution >= 0.6 is 11.6 Å². The van der Waals surface area contributed by atoms with Gasteiger partial charge in [0.15, 0.2) is 5.69 Å². The Kier molecular flexibility index (Phi) is 4.88. The molecule has 28 heavy (non-hydrogen) atoms. The molecule has 0 spiro atoms. The minimum atomic E-state index is -0.344. The van der Waals surface area contributed by atoms with Gasteiger partial charge in [-0.25, -0.2) is 4.68 Å². The number of carbonyl (C=O) groups is 2. The molecule has 3 aromatic rings. The minimum absolute atomic E-state index is 0.122. The van der Waals surface area contributed by atoms with E-state index in [4.69, 9.17) is 11.6 Å². The quantitative estimate of drug-likeness (QED) is 0.687. The molecule has 2 amide bonds. The van der Waals surface area contributed by atoms with Crippen molar-refractivity contribution in [1.29, 1.82) is 0 Å². The molecule has 4 rings (SSSR count). The van der Waals surface area contributed by atoms with E-state index in [2.05, 4.69) is 15.7 Å². The lowest BCUT2D eigenvalue weighted by Crippen LogP contribution is -2.25. The number of aromatic nitrogens is 2. The molecule has 0 radical (unpaired) electrons. The highest BCUT2D eigenvalue weighted by molar-refractivity contribution is 6.30. The first kappa shape index (κ1) is 18.3. The van der Waals surface area contributed by atoms with Crippen LogP contribution < -0.4 is 10.6 Å². The Morgan fingerprint density at radius 1 is 1.11 bits per heavy atom. The van der Waals surface area contributed by atoms with Crippen molar-refractivity contribution in [3.05, 3.63) is 76.6 Å². The Morgan fingerprint density at radius 2 is 1.93 bits per heavy atom. The lowest BCUT2D eigenvalue weighted by Gasteiger charge is -2.10. The first-order valence-corrected chi connectivity index (χ1v) is 9.42. The summed E-state index contributed by atoms with van der Waals surface area (Å²) in [6, 6.07) is 14.4. The van der Waals surface area contributed by atoms with Crippen LogP contribution in [0.15, 0.2) is 54.7 Å². The zero-order valence-corrected chi connectivity index (χ0v) is 16.0. The Bertz CT molecular complexity index is 1060. The molecule has 0 unspecified atom stereocenters. The van der Waals surface area contributed by atoms with Crippen molar-refractivity contribution in [2.45, 2.75) is 25.8 Å². The van der Waals surface area contributed by atoms with Crippen molar-refractivity contribution >= 4 is 29.1 Å². The second kappa shape index (κ2) is 7.48. The summed E-state index contributed by atoms with van der Waals surface area (Å²) in [7, 11) is 0. The van der Waals surface area contributed by atoms with E-state index >= 15 is 0 Å². The van der Waals surface area contributed by atoms with Crippen LogP contribution in [0.1, 0.15) is 39.3 Å². The minimum Gasteiger partial charge on any atom is -0.349 e. The molecular formula is C21H19ClN4O2. The molecule has 1 aliphatic rings. The van der Waals surface area contributed by atoms with E-state index in [0.29, 0.717) is 16.3 Å². The number of hydrogen-bond donors (Lipinski definition) is 2. The van der Waals surface area contributed by atoms with Gasteiger partial charge >= 0.3 is 0 Å². The van der Waals surface area contributed by atoms with Gasteiger partial charge in [-0.15, -0.1) is 0 Å². The van der Waals surface area contributed by atoms with Gasteiger partial charge in [0.05, 0.1) is 5.69 Å². The first-order chi connectivity index (χ1) is 13.5. The highest BCUT2D eigenvalue weighted by Gasteiger charge is 2.24. The molecule has 2 N–H and O–H groups in total. The van der Waals surface area contributed by atoms with Gasteiger partial charge in [-0.1, -0.05) is 23.7 Å². The van der Waals surface area contributed by atoms with Crippen LogP contribution in [-0.4, -0.2) is 27.6 Å². The molecule has 1 aliphatic carbocycles. The van der Waals surface area contributed by atoms with Crippen molar-refractivity contribution in [1.82, 2.24) is 15.1 Å². The summed E-state index contributed by atoms with van der Waals surface area (Å²) in [5.74, 6) is -0.466. The summed E-state index contributed by atoms with van der Waals surface area (Å²) < 4.78 is 1.59. The smallest absolute Gasteiger partial charge is 0.276 e. The largest absolute Gasteiger partial charge is 0.349 e. The van der Waals surface area contributed by atoms with Gasteiger partial charge in [0, 0.05) is 28.5 Å². The Morgan fingerprint density at radius 3 is 2.68 bits per heavy atom. The maximum atomic E-state index is 12.6. The number of nitrogens with zero attached hydrogens (tertiary/aromatic N) is 2. The molecule has 1 heterocycles. The second-order valence-electron chi connectivity index (χ2n) is 6.86. The predicted octanol–water partition coefficient (Wildman–Crippen LogP) is 3.98. The van der Waals surface area contributed by atoms with Gasteiger partial charge in [-0.2, -0.15) is 5.10 Å². The molecule has 1 aromatic heterocycles. The molecule has 0 bridgehead atoms. The highest BCUT2D eigenvalue weighted by atomic mass is 35.5. The molecule has 7 heteroatoms. The number of halogens is 1. The van der Waals surface area contributed by atoms with E-state index in [1.807, 2.05) is 25.1 Å². The summed E-state index contributed by atoms with van der Waals surface area (Å²) in [6.45, 7) is 1.88. The van der Waals surface area contributed by atoms with Crippen molar-refractivity contribution in [3.8, 4) is 5.69 Å². The number of nitrogens with one attached hydrogen (secondary N) is 2. The fraction of sp³-hybridized carbons (Fsp3) is 0.190. The van der Waals surface area contributed by atoms with E-state index in [0.717, 1.165) is 24.1 Å². The average molecular weight is 395 g/mol. The molecule has 142 valence electrons. The lowest BCUT2D eigenvalue weighted by molar-refractivity contribution is 0.0949. The molecule has 0 saturated heterocycles. The third-order valence-corrected chi connectivity index (χ3v) is 4.79. The number of hydrogen-bond acceptors (Lipinski definition) is 3. The zero-order valence-electron chi connectivity index (χ0n) is 15.3. The van der Waals surface area contributed by atoms with E-state index in [-0.39, 0.29) is 23.6 Å². The van der Waals surface area contributed by atoms with Gasteiger partial charge in [0.25, 0.3) is 11.8 Å². The van der Waals surface area contributed by atoms with Gasteiger partial charge < -0.3 is 10.6 Å². The number of carbonyl (C=O) groups excluding carboxylic acids is 2. The van der Waals surface area contributed by atoms with Crippen LogP contribution in [0.5, 0.6) is 0 Å². The van der Waals surface area contributed by atoms with Gasteiger partial charge in [-0.3, -0.25) is 9.59 Å². The Labute approximate surface area is 167 Å². The number of aryl methyl sites for hydroxylation is 1. The molecule has 2 aromatic carbocycles. The molecule has 6 nitrogen and oxygen atoms in total. The van der Waals surface area contributed by atoms with Gasteiger partial charge in [0.2, 0.25) is 0 Å². The van der Waals surface area contributed by atoms with Crippen molar-refractivity contribution in [2.24, 2.45) is 0 Å². The average Bonchev–Trinajstić information content (AvgIpc) is 3.34. The summed E-state index contributed by atoms with van der Waals surface area (Å²) in [5, 5.41) is 10.7. The topological polar surface area (TPSA) is 76.0 Å². The summed E-state index contributed by atoms with van der Waals surface area (Å²) in [4.78, 5) is 24.9. The van der Waals surface area contributed by atoms with E-state index in [1.54, 1.807) is 41.2 Å². The Hall–Kier alpha value is -3.12. The van der Waals surface area contributed by atoms with E-state index < -0.39 is 0 Å². The van der Waals surface area contributed by atoms with E-state index in [1.165, 1.54) is 0 Å². The molecule has 0 aliphatic heterocycles. The highest BCUT2D eigenvalue weighted by Crippen LogP contribution is 2.22. The standard InChI is InChI=1S/C21H19ClN4O2/c1-13-5-6-14(20(27)23-16-7-8-16)11-19(13)24-21(28)18-9-10-26(25-18)17-4-2-3-15(22)12-17/h2-6,9-12,16H,7-8H2,1H3,(H,23,27)(H,24,28).